The summed E-state index contributed by atoms with van der Waals surface area (Å²) >= 11 is 0. The Kier molecular flexibility index (Phi) is 4.86. The number of amides is 1. The van der Waals surface area contributed by atoms with Crippen molar-refractivity contribution in [3.05, 3.63) is 76.9 Å². The van der Waals surface area contributed by atoms with E-state index in [1.54, 1.807) is 47.4 Å². The van der Waals surface area contributed by atoms with Gasteiger partial charge < -0.3 is 14.5 Å². The SMILES string of the molecule is CC(C)n1cnc2nc(COc3ccccc3NC(=O)c3ccco3)cc(=O)n21. The number of furan rings is 1. The molecule has 3 aromatic heterocycles. The van der Waals surface area contributed by atoms with Crippen molar-refractivity contribution < 1.29 is 13.9 Å². The summed E-state index contributed by atoms with van der Waals surface area (Å²) in [5.41, 5.74) is 0.686. The molecule has 9 nitrogen and oxygen atoms in total. The van der Waals surface area contributed by atoms with Crippen LogP contribution in [0.2, 0.25) is 0 Å². The molecule has 0 aliphatic heterocycles. The summed E-state index contributed by atoms with van der Waals surface area (Å²) in [6, 6.07) is 11.7. The number of benzene rings is 1. The predicted molar refractivity (Wildman–Crippen MR) is 105 cm³/mol. The molecule has 0 saturated carbocycles. The molecule has 4 aromatic rings. The van der Waals surface area contributed by atoms with Gasteiger partial charge in [-0.1, -0.05) is 12.1 Å². The number of fused-ring (bicyclic) bond motifs is 1. The maximum atomic E-state index is 12.5. The zero-order valence-corrected chi connectivity index (χ0v) is 15.9. The predicted octanol–water partition coefficient (Wildman–Crippen LogP) is 2.90. The van der Waals surface area contributed by atoms with Crippen molar-refractivity contribution in [2.75, 3.05) is 5.32 Å². The largest absolute Gasteiger partial charge is 0.485 e. The monoisotopic (exact) mass is 393 g/mol. The van der Waals surface area contributed by atoms with E-state index in [0.717, 1.165) is 0 Å². The number of hydrogen-bond donors (Lipinski definition) is 1. The van der Waals surface area contributed by atoms with Crippen LogP contribution in [0.15, 0.2) is 64.3 Å². The molecule has 1 amide bonds. The molecule has 4 rings (SSSR count). The molecule has 0 aliphatic rings. The standard InChI is InChI=1S/C20H19N5O4/c1-13(2)24-12-21-20-22-14(10-18(26)25(20)24)11-29-16-7-4-3-6-15(16)23-19(27)17-8-5-9-28-17/h3-10,12-13H,11H2,1-2H3,(H,23,27). The molecule has 1 N–H and O–H groups in total. The van der Waals surface area contributed by atoms with E-state index in [4.69, 9.17) is 9.15 Å². The van der Waals surface area contributed by atoms with Crippen LogP contribution in [0.4, 0.5) is 5.69 Å². The fourth-order valence-electron chi connectivity index (χ4n) is 2.85. The Bertz CT molecular complexity index is 1210. The molecular weight excluding hydrogens is 374 g/mol. The van der Waals surface area contributed by atoms with Crippen molar-refractivity contribution in [2.24, 2.45) is 0 Å². The molecular formula is C20H19N5O4. The third kappa shape index (κ3) is 3.75. The number of para-hydroxylation sites is 2. The molecule has 1 aromatic carbocycles. The van der Waals surface area contributed by atoms with Crippen molar-refractivity contribution in [3.63, 3.8) is 0 Å². The van der Waals surface area contributed by atoms with Crippen LogP contribution < -0.4 is 15.6 Å². The van der Waals surface area contributed by atoms with Gasteiger partial charge in [0.1, 0.15) is 18.7 Å². The van der Waals surface area contributed by atoms with Gasteiger partial charge >= 0.3 is 0 Å². The number of hydrogen-bond acceptors (Lipinski definition) is 6. The highest BCUT2D eigenvalue weighted by atomic mass is 16.5. The van der Waals surface area contributed by atoms with Gasteiger partial charge in [-0.25, -0.2) is 4.98 Å². The van der Waals surface area contributed by atoms with Gasteiger partial charge in [0.05, 0.1) is 17.6 Å². The molecule has 0 fully saturated rings. The molecule has 29 heavy (non-hydrogen) atoms. The van der Waals surface area contributed by atoms with Gasteiger partial charge in [-0.05, 0) is 38.1 Å². The van der Waals surface area contributed by atoms with Gasteiger partial charge in [-0.2, -0.15) is 9.50 Å². The molecule has 0 unspecified atom stereocenters. The van der Waals surface area contributed by atoms with Crippen molar-refractivity contribution in [1.82, 2.24) is 19.2 Å². The van der Waals surface area contributed by atoms with E-state index in [1.807, 2.05) is 13.8 Å². The summed E-state index contributed by atoms with van der Waals surface area (Å²) in [6.45, 7) is 3.96. The van der Waals surface area contributed by atoms with E-state index >= 15 is 0 Å². The first-order valence-corrected chi connectivity index (χ1v) is 9.05. The van der Waals surface area contributed by atoms with E-state index in [1.165, 1.54) is 16.8 Å². The third-order valence-corrected chi connectivity index (χ3v) is 4.24. The topological polar surface area (TPSA) is 104 Å². The Labute approximate surface area is 165 Å². The fraction of sp³-hybridized carbons (Fsp3) is 0.200. The van der Waals surface area contributed by atoms with Crippen LogP contribution in [0.3, 0.4) is 0 Å². The van der Waals surface area contributed by atoms with Gasteiger partial charge in [0.2, 0.25) is 0 Å². The third-order valence-electron chi connectivity index (χ3n) is 4.24. The molecule has 0 bridgehead atoms. The summed E-state index contributed by atoms with van der Waals surface area (Å²) in [7, 11) is 0. The second-order valence-corrected chi connectivity index (χ2v) is 6.63. The molecule has 9 heteroatoms. The van der Waals surface area contributed by atoms with Crippen LogP contribution in [0.25, 0.3) is 5.78 Å². The van der Waals surface area contributed by atoms with Crippen LogP contribution in [-0.4, -0.2) is 25.1 Å². The highest BCUT2D eigenvalue weighted by Crippen LogP contribution is 2.25. The number of ether oxygens (including phenoxy) is 1. The van der Waals surface area contributed by atoms with E-state index in [0.29, 0.717) is 22.9 Å². The zero-order chi connectivity index (χ0) is 20.4. The molecule has 0 aliphatic carbocycles. The van der Waals surface area contributed by atoms with Crippen LogP contribution in [0.1, 0.15) is 36.1 Å². The van der Waals surface area contributed by atoms with Gasteiger partial charge in [0.15, 0.2) is 5.76 Å². The van der Waals surface area contributed by atoms with Crippen molar-refractivity contribution in [1.29, 1.82) is 0 Å². The van der Waals surface area contributed by atoms with E-state index in [9.17, 15) is 9.59 Å². The number of anilines is 1. The smallest absolute Gasteiger partial charge is 0.291 e. The maximum Gasteiger partial charge on any atom is 0.291 e. The molecule has 0 saturated heterocycles. The summed E-state index contributed by atoms with van der Waals surface area (Å²) < 4.78 is 14.0. The van der Waals surface area contributed by atoms with Gasteiger partial charge in [-0.15, -0.1) is 0 Å². The molecule has 0 radical (unpaired) electrons. The second kappa shape index (κ2) is 7.63. The summed E-state index contributed by atoms with van der Waals surface area (Å²) in [6.07, 6.45) is 3.01. The van der Waals surface area contributed by atoms with E-state index < -0.39 is 0 Å². The van der Waals surface area contributed by atoms with Crippen molar-refractivity contribution >= 4 is 17.4 Å². The zero-order valence-electron chi connectivity index (χ0n) is 15.9. The Morgan fingerprint density at radius 1 is 1.24 bits per heavy atom. The Morgan fingerprint density at radius 2 is 2.07 bits per heavy atom. The lowest BCUT2D eigenvalue weighted by Crippen LogP contribution is -2.23. The fourth-order valence-corrected chi connectivity index (χ4v) is 2.85. The number of carbonyl (C=O) groups is 1. The highest BCUT2D eigenvalue weighted by Gasteiger charge is 2.14. The lowest BCUT2D eigenvalue weighted by atomic mass is 10.3. The number of aromatic nitrogens is 4. The van der Waals surface area contributed by atoms with Gasteiger partial charge in [-0.3, -0.25) is 14.3 Å². The summed E-state index contributed by atoms with van der Waals surface area (Å²) in [5.74, 6) is 0.565. The minimum absolute atomic E-state index is 0.0495. The minimum atomic E-state index is -0.386. The average Bonchev–Trinajstić information content (AvgIpc) is 3.37. The first-order valence-electron chi connectivity index (χ1n) is 9.05. The van der Waals surface area contributed by atoms with Crippen LogP contribution in [-0.2, 0) is 6.61 Å². The van der Waals surface area contributed by atoms with Gasteiger partial charge in [0.25, 0.3) is 17.2 Å². The maximum absolute atomic E-state index is 12.5. The molecule has 0 spiro atoms. The highest BCUT2D eigenvalue weighted by molar-refractivity contribution is 6.03. The Morgan fingerprint density at radius 3 is 2.83 bits per heavy atom. The second-order valence-electron chi connectivity index (χ2n) is 6.63. The van der Waals surface area contributed by atoms with Crippen molar-refractivity contribution in [2.45, 2.75) is 26.5 Å². The number of carbonyl (C=O) groups excluding carboxylic acids is 1. The molecule has 148 valence electrons. The minimum Gasteiger partial charge on any atom is -0.485 e. The van der Waals surface area contributed by atoms with Gasteiger partial charge in [0, 0.05) is 12.1 Å². The lowest BCUT2D eigenvalue weighted by Gasteiger charge is -2.12. The quantitative estimate of drug-likeness (QED) is 0.540. The molecule has 0 atom stereocenters. The van der Waals surface area contributed by atoms with Crippen molar-refractivity contribution in [3.8, 4) is 5.75 Å². The van der Waals surface area contributed by atoms with Crippen LogP contribution in [0, 0.1) is 0 Å². The average molecular weight is 393 g/mol. The number of nitrogens with zero attached hydrogens (tertiary/aromatic N) is 4. The first-order chi connectivity index (χ1) is 14.0. The van der Waals surface area contributed by atoms with E-state index in [2.05, 4.69) is 15.3 Å². The summed E-state index contributed by atoms with van der Waals surface area (Å²) in [4.78, 5) is 33.3. The number of rotatable bonds is 6. The normalized spacial score (nSPS) is 11.1. The Balaban J connectivity index is 1.54. The first kappa shape index (κ1) is 18.5. The molecule has 3 heterocycles. The van der Waals surface area contributed by atoms with Crippen LogP contribution in [0.5, 0.6) is 5.75 Å². The van der Waals surface area contributed by atoms with E-state index in [-0.39, 0.29) is 29.9 Å². The van der Waals surface area contributed by atoms with Crippen LogP contribution >= 0.6 is 0 Å². The Hall–Kier alpha value is -3.88. The number of nitrogens with one attached hydrogen (secondary N) is 1. The summed E-state index contributed by atoms with van der Waals surface area (Å²) in [5, 5.41) is 2.75. The lowest BCUT2D eigenvalue weighted by molar-refractivity contribution is 0.0996.